The molecule has 0 fully saturated rings. The van der Waals surface area contributed by atoms with Gasteiger partial charge in [0.05, 0.1) is 4.47 Å². The Kier molecular flexibility index (Phi) is 3.72. The van der Waals surface area contributed by atoms with Gasteiger partial charge in [0.1, 0.15) is 5.52 Å². The summed E-state index contributed by atoms with van der Waals surface area (Å²) in [5.74, 6) is 1.21. The van der Waals surface area contributed by atoms with Gasteiger partial charge in [-0.2, -0.15) is 0 Å². The maximum Gasteiger partial charge on any atom is 0.233 e. The van der Waals surface area contributed by atoms with E-state index in [9.17, 15) is 0 Å². The summed E-state index contributed by atoms with van der Waals surface area (Å²) >= 11 is 6.82. The standard InChI is InChI=1S/C15H10Br2N2O/c1-9-5-6-10-3-2-4-13(14(10)19-9)20-15-12(17)7-11(16)8-18-15/h2-8H,1H3. The molecule has 0 saturated heterocycles. The van der Waals surface area contributed by atoms with Crippen LogP contribution in [0.5, 0.6) is 11.6 Å². The van der Waals surface area contributed by atoms with Crippen molar-refractivity contribution in [1.29, 1.82) is 0 Å². The number of para-hydroxylation sites is 1. The number of aryl methyl sites for hydroxylation is 1. The number of halogens is 2. The van der Waals surface area contributed by atoms with Crippen molar-refractivity contribution in [3.8, 4) is 11.6 Å². The first-order valence-corrected chi connectivity index (χ1v) is 7.57. The van der Waals surface area contributed by atoms with Crippen molar-refractivity contribution in [1.82, 2.24) is 9.97 Å². The SMILES string of the molecule is Cc1ccc2cccc(Oc3ncc(Br)cc3Br)c2n1. The Morgan fingerprint density at radius 3 is 2.75 bits per heavy atom. The van der Waals surface area contributed by atoms with Crippen LogP contribution in [0.25, 0.3) is 10.9 Å². The van der Waals surface area contributed by atoms with Crippen molar-refractivity contribution >= 4 is 42.8 Å². The number of aromatic nitrogens is 2. The van der Waals surface area contributed by atoms with Crippen LogP contribution in [0.2, 0.25) is 0 Å². The predicted molar refractivity (Wildman–Crippen MR) is 86.2 cm³/mol. The first-order chi connectivity index (χ1) is 9.63. The second-order valence-corrected chi connectivity index (χ2v) is 6.09. The molecule has 0 amide bonds. The molecular weight excluding hydrogens is 384 g/mol. The monoisotopic (exact) mass is 392 g/mol. The predicted octanol–water partition coefficient (Wildman–Crippen LogP) is 5.26. The van der Waals surface area contributed by atoms with E-state index in [2.05, 4.69) is 41.8 Å². The number of pyridine rings is 2. The summed E-state index contributed by atoms with van der Waals surface area (Å²) in [5.41, 5.74) is 1.79. The second-order valence-electron chi connectivity index (χ2n) is 4.32. The van der Waals surface area contributed by atoms with Crippen molar-refractivity contribution in [2.45, 2.75) is 6.92 Å². The number of rotatable bonds is 2. The van der Waals surface area contributed by atoms with Gasteiger partial charge < -0.3 is 4.74 Å². The van der Waals surface area contributed by atoms with Crippen molar-refractivity contribution in [3.63, 3.8) is 0 Å². The highest BCUT2D eigenvalue weighted by atomic mass is 79.9. The third kappa shape index (κ3) is 2.69. The Bertz CT molecular complexity index is 790. The molecule has 0 atom stereocenters. The van der Waals surface area contributed by atoms with E-state index in [-0.39, 0.29) is 0 Å². The normalized spacial score (nSPS) is 10.8. The van der Waals surface area contributed by atoms with Crippen LogP contribution in [0.15, 0.2) is 51.5 Å². The number of hydrogen-bond acceptors (Lipinski definition) is 3. The third-order valence-electron chi connectivity index (χ3n) is 2.80. The molecule has 3 nitrogen and oxygen atoms in total. The summed E-state index contributed by atoms with van der Waals surface area (Å²) in [6.45, 7) is 1.96. The number of benzene rings is 1. The van der Waals surface area contributed by atoms with Crippen molar-refractivity contribution in [2.75, 3.05) is 0 Å². The summed E-state index contributed by atoms with van der Waals surface area (Å²) in [6, 6.07) is 11.8. The highest BCUT2D eigenvalue weighted by molar-refractivity contribution is 9.11. The molecule has 0 spiro atoms. The van der Waals surface area contributed by atoms with Crippen LogP contribution in [0.4, 0.5) is 0 Å². The van der Waals surface area contributed by atoms with E-state index in [1.54, 1.807) is 6.20 Å². The molecule has 0 aliphatic heterocycles. The largest absolute Gasteiger partial charge is 0.436 e. The van der Waals surface area contributed by atoms with Crippen LogP contribution in [0.3, 0.4) is 0 Å². The smallest absolute Gasteiger partial charge is 0.233 e. The summed E-state index contributed by atoms with van der Waals surface area (Å²) in [5, 5.41) is 1.04. The fraction of sp³-hybridized carbons (Fsp3) is 0.0667. The van der Waals surface area contributed by atoms with E-state index in [0.29, 0.717) is 11.6 Å². The van der Waals surface area contributed by atoms with E-state index < -0.39 is 0 Å². The lowest BCUT2D eigenvalue weighted by Crippen LogP contribution is -1.92. The summed E-state index contributed by atoms with van der Waals surface area (Å²) < 4.78 is 7.57. The highest BCUT2D eigenvalue weighted by Crippen LogP contribution is 2.32. The van der Waals surface area contributed by atoms with Gasteiger partial charge in [0.15, 0.2) is 5.75 Å². The molecule has 0 saturated carbocycles. The molecule has 0 aliphatic carbocycles. The average Bonchev–Trinajstić information content (AvgIpc) is 2.42. The van der Waals surface area contributed by atoms with Crippen LogP contribution in [-0.4, -0.2) is 9.97 Å². The maximum atomic E-state index is 5.89. The van der Waals surface area contributed by atoms with Gasteiger partial charge >= 0.3 is 0 Å². The highest BCUT2D eigenvalue weighted by Gasteiger charge is 2.09. The number of fused-ring (bicyclic) bond motifs is 1. The van der Waals surface area contributed by atoms with Crippen molar-refractivity contribution < 1.29 is 4.74 Å². The second kappa shape index (κ2) is 5.50. The lowest BCUT2D eigenvalue weighted by molar-refractivity contribution is 0.463. The van der Waals surface area contributed by atoms with Crippen LogP contribution in [0, 0.1) is 6.92 Å². The minimum Gasteiger partial charge on any atom is -0.436 e. The van der Waals surface area contributed by atoms with Gasteiger partial charge in [-0.15, -0.1) is 0 Å². The van der Waals surface area contributed by atoms with E-state index in [4.69, 9.17) is 4.74 Å². The lowest BCUT2D eigenvalue weighted by Gasteiger charge is -2.09. The Hall–Kier alpha value is -1.46. The van der Waals surface area contributed by atoms with E-state index in [1.165, 1.54) is 0 Å². The van der Waals surface area contributed by atoms with E-state index in [1.807, 2.05) is 43.3 Å². The molecule has 0 N–H and O–H groups in total. The van der Waals surface area contributed by atoms with Gasteiger partial charge in [-0.3, -0.25) is 0 Å². The fourth-order valence-corrected chi connectivity index (χ4v) is 2.95. The van der Waals surface area contributed by atoms with Crippen LogP contribution >= 0.6 is 31.9 Å². The zero-order valence-corrected chi connectivity index (χ0v) is 13.8. The molecule has 3 rings (SSSR count). The number of nitrogens with zero attached hydrogens (tertiary/aromatic N) is 2. The fourth-order valence-electron chi connectivity index (χ4n) is 1.88. The van der Waals surface area contributed by atoms with Gasteiger partial charge in [0.2, 0.25) is 5.88 Å². The Morgan fingerprint density at radius 2 is 1.95 bits per heavy atom. The van der Waals surface area contributed by atoms with Gasteiger partial charge in [0, 0.05) is 21.7 Å². The molecule has 3 aromatic rings. The van der Waals surface area contributed by atoms with Crippen LogP contribution in [0.1, 0.15) is 5.69 Å². The summed E-state index contributed by atoms with van der Waals surface area (Å²) in [4.78, 5) is 8.80. The minimum absolute atomic E-state index is 0.518. The number of ether oxygens (including phenoxy) is 1. The maximum absolute atomic E-state index is 5.89. The zero-order valence-electron chi connectivity index (χ0n) is 10.6. The molecular formula is C15H10Br2N2O. The molecule has 5 heteroatoms. The summed E-state index contributed by atoms with van der Waals surface area (Å²) in [7, 11) is 0. The number of hydrogen-bond donors (Lipinski definition) is 0. The van der Waals surface area contributed by atoms with Crippen LogP contribution < -0.4 is 4.74 Å². The van der Waals surface area contributed by atoms with E-state index in [0.717, 1.165) is 25.5 Å². The molecule has 2 aromatic heterocycles. The van der Waals surface area contributed by atoms with Gasteiger partial charge in [-0.1, -0.05) is 18.2 Å². The molecule has 0 aliphatic rings. The molecule has 0 bridgehead atoms. The van der Waals surface area contributed by atoms with Gasteiger partial charge in [-0.05, 0) is 57.0 Å². The van der Waals surface area contributed by atoms with E-state index >= 15 is 0 Å². The summed E-state index contributed by atoms with van der Waals surface area (Å²) in [6.07, 6.45) is 1.70. The zero-order chi connectivity index (χ0) is 14.1. The lowest BCUT2D eigenvalue weighted by atomic mass is 10.2. The Labute approximate surface area is 133 Å². The molecule has 2 heterocycles. The molecule has 0 unspecified atom stereocenters. The third-order valence-corrected chi connectivity index (χ3v) is 3.80. The Morgan fingerprint density at radius 1 is 1.10 bits per heavy atom. The molecule has 0 radical (unpaired) electrons. The topological polar surface area (TPSA) is 35.0 Å². The van der Waals surface area contributed by atoms with Crippen molar-refractivity contribution in [3.05, 3.63) is 57.2 Å². The first-order valence-electron chi connectivity index (χ1n) is 5.99. The molecule has 1 aromatic carbocycles. The molecule has 100 valence electrons. The van der Waals surface area contributed by atoms with Gasteiger partial charge in [0.25, 0.3) is 0 Å². The first kappa shape index (κ1) is 13.5. The van der Waals surface area contributed by atoms with Crippen molar-refractivity contribution in [2.24, 2.45) is 0 Å². The van der Waals surface area contributed by atoms with Gasteiger partial charge in [-0.25, -0.2) is 9.97 Å². The molecule has 20 heavy (non-hydrogen) atoms. The minimum atomic E-state index is 0.518. The average molecular weight is 394 g/mol. The quantitative estimate of drug-likeness (QED) is 0.595. The Balaban J connectivity index is 2.08. The van der Waals surface area contributed by atoms with Crippen LogP contribution in [-0.2, 0) is 0 Å².